The van der Waals surface area contributed by atoms with E-state index in [-0.39, 0.29) is 12.5 Å². The smallest absolute Gasteiger partial charge is 0.331 e. The number of nitrogens with one attached hydrogen (secondary N) is 1. The van der Waals surface area contributed by atoms with E-state index in [1.54, 1.807) is 31.4 Å². The maximum Gasteiger partial charge on any atom is 0.331 e. The number of carbonyl (C=O) groups excluding carboxylic acids is 2. The van der Waals surface area contributed by atoms with Gasteiger partial charge in [0.2, 0.25) is 0 Å². The zero-order valence-electron chi connectivity index (χ0n) is 13.0. The molecule has 0 aromatic heterocycles. The van der Waals surface area contributed by atoms with Crippen molar-refractivity contribution in [3.8, 4) is 11.5 Å². The van der Waals surface area contributed by atoms with Gasteiger partial charge in [0, 0.05) is 24.3 Å². The van der Waals surface area contributed by atoms with E-state index in [1.807, 2.05) is 6.92 Å². The molecule has 1 aromatic carbocycles. The average molecular weight is 307 g/mol. The van der Waals surface area contributed by atoms with Gasteiger partial charge < -0.3 is 19.5 Å². The van der Waals surface area contributed by atoms with Crippen LogP contribution in [0.4, 0.5) is 0 Å². The van der Waals surface area contributed by atoms with Crippen molar-refractivity contribution in [1.82, 2.24) is 5.32 Å². The fourth-order valence-electron chi connectivity index (χ4n) is 1.61. The number of benzene rings is 1. The van der Waals surface area contributed by atoms with E-state index in [1.165, 1.54) is 13.2 Å². The second kappa shape index (κ2) is 9.44. The minimum atomic E-state index is -0.593. The van der Waals surface area contributed by atoms with E-state index in [4.69, 9.17) is 14.2 Å². The van der Waals surface area contributed by atoms with Gasteiger partial charge in [0.05, 0.1) is 14.2 Å². The Bertz CT molecular complexity index is 539. The highest BCUT2D eigenvalue weighted by Crippen LogP contribution is 2.25. The molecule has 6 heteroatoms. The topological polar surface area (TPSA) is 73.9 Å². The number of esters is 1. The highest BCUT2D eigenvalue weighted by Gasteiger charge is 2.05. The number of ether oxygens (including phenoxy) is 3. The molecule has 0 aliphatic carbocycles. The Hall–Kier alpha value is -2.50. The van der Waals surface area contributed by atoms with E-state index in [0.29, 0.717) is 23.6 Å². The lowest BCUT2D eigenvalue weighted by molar-refractivity contribution is -0.143. The molecule has 0 atom stereocenters. The van der Waals surface area contributed by atoms with Crippen LogP contribution in [0, 0.1) is 0 Å². The van der Waals surface area contributed by atoms with E-state index < -0.39 is 5.97 Å². The standard InChI is InChI=1S/C16H21NO5/c1-4-9-17-15(18)11-22-16(19)8-6-12-5-7-13(20-2)10-14(12)21-3/h5-8,10H,4,9,11H2,1-3H3,(H,17,18)/b8-6+. The molecule has 0 spiro atoms. The van der Waals surface area contributed by atoms with Gasteiger partial charge in [-0.15, -0.1) is 0 Å². The van der Waals surface area contributed by atoms with Gasteiger partial charge >= 0.3 is 5.97 Å². The van der Waals surface area contributed by atoms with Crippen molar-refractivity contribution in [3.05, 3.63) is 29.8 Å². The maximum absolute atomic E-state index is 11.6. The Labute approximate surface area is 130 Å². The van der Waals surface area contributed by atoms with Gasteiger partial charge in [0.25, 0.3) is 5.91 Å². The molecule has 0 unspecified atom stereocenters. The van der Waals surface area contributed by atoms with Crippen LogP contribution in [0.1, 0.15) is 18.9 Å². The molecular weight excluding hydrogens is 286 g/mol. The third kappa shape index (κ3) is 5.87. The van der Waals surface area contributed by atoms with Crippen LogP contribution in [0.25, 0.3) is 6.08 Å². The van der Waals surface area contributed by atoms with E-state index in [2.05, 4.69) is 5.32 Å². The van der Waals surface area contributed by atoms with Crippen LogP contribution in [-0.2, 0) is 14.3 Å². The fraction of sp³-hybridized carbons (Fsp3) is 0.375. The van der Waals surface area contributed by atoms with Gasteiger partial charge in [-0.25, -0.2) is 4.79 Å². The van der Waals surface area contributed by atoms with Gasteiger partial charge in [-0.05, 0) is 24.6 Å². The van der Waals surface area contributed by atoms with Crippen molar-refractivity contribution in [3.63, 3.8) is 0 Å². The van der Waals surface area contributed by atoms with Gasteiger partial charge in [0.15, 0.2) is 6.61 Å². The normalized spacial score (nSPS) is 10.3. The van der Waals surface area contributed by atoms with Crippen LogP contribution in [0.3, 0.4) is 0 Å². The SMILES string of the molecule is CCCNC(=O)COC(=O)/C=C/c1ccc(OC)cc1OC. The van der Waals surface area contributed by atoms with Crippen LogP contribution in [0.5, 0.6) is 11.5 Å². The predicted molar refractivity (Wildman–Crippen MR) is 82.8 cm³/mol. The molecule has 120 valence electrons. The summed E-state index contributed by atoms with van der Waals surface area (Å²) < 4.78 is 15.1. The summed E-state index contributed by atoms with van der Waals surface area (Å²) in [5.41, 5.74) is 0.704. The quantitative estimate of drug-likeness (QED) is 0.585. The first-order valence-corrected chi connectivity index (χ1v) is 6.94. The van der Waals surface area contributed by atoms with E-state index >= 15 is 0 Å². The van der Waals surface area contributed by atoms with Crippen molar-refractivity contribution < 1.29 is 23.8 Å². The first-order chi connectivity index (χ1) is 10.6. The first-order valence-electron chi connectivity index (χ1n) is 6.94. The Kier molecular flexibility index (Phi) is 7.53. The highest BCUT2D eigenvalue weighted by molar-refractivity contribution is 5.89. The molecule has 0 aliphatic heterocycles. The zero-order chi connectivity index (χ0) is 16.4. The van der Waals surface area contributed by atoms with Crippen molar-refractivity contribution in [1.29, 1.82) is 0 Å². The summed E-state index contributed by atoms with van der Waals surface area (Å²) in [5, 5.41) is 2.62. The summed E-state index contributed by atoms with van der Waals surface area (Å²) in [6.45, 7) is 2.22. The fourth-order valence-corrected chi connectivity index (χ4v) is 1.61. The molecule has 1 aromatic rings. The second-order valence-corrected chi connectivity index (χ2v) is 4.40. The number of amides is 1. The highest BCUT2D eigenvalue weighted by atomic mass is 16.5. The minimum Gasteiger partial charge on any atom is -0.497 e. The summed E-state index contributed by atoms with van der Waals surface area (Å²) in [4.78, 5) is 22.9. The summed E-state index contributed by atoms with van der Waals surface area (Å²) in [6, 6.07) is 5.23. The van der Waals surface area contributed by atoms with Crippen molar-refractivity contribution >= 4 is 18.0 Å². The van der Waals surface area contributed by atoms with Crippen LogP contribution in [-0.4, -0.2) is 39.2 Å². The molecule has 6 nitrogen and oxygen atoms in total. The van der Waals surface area contributed by atoms with Gasteiger partial charge in [-0.2, -0.15) is 0 Å². The summed E-state index contributed by atoms with van der Waals surface area (Å²) in [6.07, 6.45) is 3.64. The molecule has 1 N–H and O–H groups in total. The lowest BCUT2D eigenvalue weighted by Gasteiger charge is -2.07. The molecule has 0 fully saturated rings. The molecule has 0 aliphatic rings. The van der Waals surface area contributed by atoms with Crippen LogP contribution >= 0.6 is 0 Å². The van der Waals surface area contributed by atoms with Crippen molar-refractivity contribution in [2.24, 2.45) is 0 Å². The number of carbonyl (C=O) groups is 2. The van der Waals surface area contributed by atoms with Gasteiger partial charge in [0.1, 0.15) is 11.5 Å². The second-order valence-electron chi connectivity index (χ2n) is 4.40. The zero-order valence-corrected chi connectivity index (χ0v) is 13.0. The number of hydrogen-bond acceptors (Lipinski definition) is 5. The van der Waals surface area contributed by atoms with Gasteiger partial charge in [-0.3, -0.25) is 4.79 Å². The predicted octanol–water partition coefficient (Wildman–Crippen LogP) is 1.79. The van der Waals surface area contributed by atoms with Crippen LogP contribution in [0.15, 0.2) is 24.3 Å². The van der Waals surface area contributed by atoms with E-state index in [9.17, 15) is 9.59 Å². The molecule has 0 bridgehead atoms. The molecule has 1 rings (SSSR count). The molecule has 0 heterocycles. The molecule has 0 saturated carbocycles. The number of methoxy groups -OCH3 is 2. The third-order valence-electron chi connectivity index (χ3n) is 2.76. The third-order valence-corrected chi connectivity index (χ3v) is 2.76. The average Bonchev–Trinajstić information content (AvgIpc) is 2.55. The van der Waals surface area contributed by atoms with Crippen molar-refractivity contribution in [2.75, 3.05) is 27.4 Å². The Morgan fingerprint density at radius 3 is 2.64 bits per heavy atom. The summed E-state index contributed by atoms with van der Waals surface area (Å²) >= 11 is 0. The largest absolute Gasteiger partial charge is 0.497 e. The Morgan fingerprint density at radius 2 is 2.00 bits per heavy atom. The molecule has 1 amide bonds. The van der Waals surface area contributed by atoms with Gasteiger partial charge in [-0.1, -0.05) is 6.92 Å². The van der Waals surface area contributed by atoms with Crippen LogP contribution < -0.4 is 14.8 Å². The number of hydrogen-bond donors (Lipinski definition) is 1. The maximum atomic E-state index is 11.6. The molecule has 0 radical (unpaired) electrons. The molecule has 0 saturated heterocycles. The Balaban J connectivity index is 2.57. The van der Waals surface area contributed by atoms with Crippen LogP contribution in [0.2, 0.25) is 0 Å². The monoisotopic (exact) mass is 307 g/mol. The lowest BCUT2D eigenvalue weighted by atomic mass is 10.2. The first kappa shape index (κ1) is 17.6. The minimum absolute atomic E-state index is 0.289. The number of rotatable bonds is 8. The summed E-state index contributed by atoms with van der Waals surface area (Å²) in [5.74, 6) is 0.323. The Morgan fingerprint density at radius 1 is 1.23 bits per heavy atom. The summed E-state index contributed by atoms with van der Waals surface area (Å²) in [7, 11) is 3.09. The molecule has 22 heavy (non-hydrogen) atoms. The molecular formula is C16H21NO5. The van der Waals surface area contributed by atoms with E-state index in [0.717, 1.165) is 6.42 Å². The lowest BCUT2D eigenvalue weighted by Crippen LogP contribution is -2.28. The van der Waals surface area contributed by atoms with Crippen molar-refractivity contribution in [2.45, 2.75) is 13.3 Å².